The molecule has 1 saturated heterocycles. The first-order valence-corrected chi connectivity index (χ1v) is 21.7. The van der Waals surface area contributed by atoms with E-state index in [1.807, 2.05) is 0 Å². The molecule has 1 amide bonds. The number of alkyl halides is 1. The van der Waals surface area contributed by atoms with Gasteiger partial charge in [0, 0.05) is 12.1 Å². The number of hydrogen-bond donors (Lipinski definition) is 2. The average Bonchev–Trinajstić information content (AvgIpc) is 3.64. The smallest absolute Gasteiger partial charge is 0.312 e. The number of carboxylic acid groups (broad SMARTS) is 1. The number of carbonyl (C=O) groups is 2. The fraction of sp³-hybridized carbons (Fsp3) is 0.810. The van der Waals surface area contributed by atoms with Gasteiger partial charge in [0.1, 0.15) is 12.6 Å². The maximum atomic E-state index is 14.0. The third-order valence-corrected chi connectivity index (χ3v) is 18.8. The maximum absolute atomic E-state index is 14.0. The first kappa shape index (κ1) is 37.3. The van der Waals surface area contributed by atoms with Crippen molar-refractivity contribution in [3.05, 3.63) is 35.5 Å². The molecule has 4 saturated carbocycles. The highest BCUT2D eigenvalue weighted by Gasteiger charge is 2.70. The van der Waals surface area contributed by atoms with Gasteiger partial charge in [0.2, 0.25) is 5.91 Å². The molecule has 7 aliphatic rings. The van der Waals surface area contributed by atoms with E-state index >= 15 is 0 Å². The summed E-state index contributed by atoms with van der Waals surface area (Å²) in [6, 6.07) is 0. The number of allylic oxidation sites excluding steroid dienone is 5. The molecule has 0 aromatic carbocycles. The van der Waals surface area contributed by atoms with Gasteiger partial charge in [-0.3, -0.25) is 9.59 Å². The number of hydrogen-bond acceptors (Lipinski definition) is 5. The van der Waals surface area contributed by atoms with Gasteiger partial charge in [-0.1, -0.05) is 58.9 Å². The first-order valence-electron chi connectivity index (χ1n) is 19.9. The van der Waals surface area contributed by atoms with Crippen LogP contribution in [0, 0.1) is 56.7 Å². The van der Waals surface area contributed by atoms with Crippen molar-refractivity contribution in [2.45, 2.75) is 124 Å². The summed E-state index contributed by atoms with van der Waals surface area (Å²) in [4.78, 5) is 26.8. The van der Waals surface area contributed by atoms with Crippen LogP contribution in [0.15, 0.2) is 35.5 Å². The van der Waals surface area contributed by atoms with Crippen molar-refractivity contribution >= 4 is 21.7 Å². The number of nitrogens with one attached hydrogen (secondary N) is 1. The Hall–Kier alpha value is -2.00. The lowest BCUT2D eigenvalue weighted by Crippen LogP contribution is -2.68. The third kappa shape index (κ3) is 5.41. The van der Waals surface area contributed by atoms with Gasteiger partial charge in [-0.05, 0) is 146 Å². The lowest BCUT2D eigenvalue weighted by molar-refractivity contribution is -0.221. The Morgan fingerprint density at radius 3 is 2.31 bits per heavy atom. The van der Waals surface area contributed by atoms with Crippen LogP contribution in [0.1, 0.15) is 119 Å². The van der Waals surface area contributed by atoms with Crippen LogP contribution in [0.25, 0.3) is 0 Å². The normalized spacial score (nSPS) is 45.4. The van der Waals surface area contributed by atoms with Gasteiger partial charge in [0.05, 0.1) is 17.7 Å². The van der Waals surface area contributed by atoms with Gasteiger partial charge in [0.25, 0.3) is 0 Å². The molecule has 0 spiro atoms. The second kappa shape index (κ2) is 12.3. The Morgan fingerprint density at radius 2 is 1.71 bits per heavy atom. The summed E-state index contributed by atoms with van der Waals surface area (Å²) in [6.45, 7) is 19.1. The van der Waals surface area contributed by atoms with Gasteiger partial charge < -0.3 is 15.3 Å². The molecule has 0 bridgehead atoms. The van der Waals surface area contributed by atoms with Gasteiger partial charge in [-0.25, -0.2) is 12.8 Å². The van der Waals surface area contributed by atoms with E-state index < -0.39 is 27.9 Å². The van der Waals surface area contributed by atoms with Crippen LogP contribution < -0.4 is 5.32 Å². The number of carbonyl (C=O) groups excluding carboxylic acids is 1. The quantitative estimate of drug-likeness (QED) is 0.259. The highest BCUT2D eigenvalue weighted by molar-refractivity contribution is 7.91. The topological polar surface area (TPSA) is 104 Å². The molecule has 284 valence electrons. The molecule has 10 atom stereocenters. The molecule has 6 aliphatic carbocycles. The van der Waals surface area contributed by atoms with Crippen LogP contribution in [-0.4, -0.2) is 67.2 Å². The lowest BCUT2D eigenvalue weighted by atomic mass is 9.33. The molecule has 1 heterocycles. The predicted octanol–water partition coefficient (Wildman–Crippen LogP) is 7.89. The Balaban J connectivity index is 1.16. The van der Waals surface area contributed by atoms with E-state index in [0.717, 1.165) is 38.5 Å². The summed E-state index contributed by atoms with van der Waals surface area (Å²) in [6.07, 6.45) is 15.8. The van der Waals surface area contributed by atoms with Crippen molar-refractivity contribution in [1.82, 2.24) is 10.2 Å². The zero-order valence-electron chi connectivity index (χ0n) is 32.1. The minimum absolute atomic E-state index is 0.0554. The number of carboxylic acids is 1. The van der Waals surface area contributed by atoms with E-state index in [1.165, 1.54) is 40.9 Å². The van der Waals surface area contributed by atoms with Gasteiger partial charge in [-0.2, -0.15) is 0 Å². The number of sulfone groups is 1. The SMILES string of the molecule is C=C(C)[C@@H]1CC[C@]2(NCC(=O)N3CCS(=O)(=O)C3)CC[C@]3(C)[C@H](CC[C@@H]4[C@@]5(C)CC=C(C6=CC[C@](CF)(C(=O)O)CC6)C(C)(C)[C@@H]5CC[C@]43C)[C@@H]12. The Kier molecular flexibility index (Phi) is 8.97. The minimum Gasteiger partial charge on any atom is -0.481 e. The third-order valence-electron chi connectivity index (χ3n) is 17.3. The standard InChI is InChI=1S/C42H63FN2O5S/c1-27(2)29-12-19-42(44-24-34(46)45-22-23-51(49,50)26-45)21-20-39(6)31(35(29)42)8-9-33-38(5)15-13-30(37(3,4)32(38)14-16-40(33,39)7)28-10-17-41(25-43,18-11-28)36(47)48/h10,13,29,31-33,35,44H,1,8-9,11-12,14-26H2,2-7H3,(H,47,48)/t29-,31+,32-,33+,35+,38-,39+,40+,41-,42-/m0/s1. The number of aliphatic carboxylic acids is 1. The predicted molar refractivity (Wildman–Crippen MR) is 199 cm³/mol. The molecule has 51 heavy (non-hydrogen) atoms. The monoisotopic (exact) mass is 726 g/mol. The Labute approximate surface area is 306 Å². The Bertz CT molecular complexity index is 1670. The highest BCUT2D eigenvalue weighted by atomic mass is 32.2. The van der Waals surface area contributed by atoms with Crippen LogP contribution in [-0.2, 0) is 19.4 Å². The summed E-state index contributed by atoms with van der Waals surface area (Å²) in [5, 5.41) is 13.6. The zero-order chi connectivity index (χ0) is 37.0. The number of amides is 1. The molecule has 1 aliphatic heterocycles. The van der Waals surface area contributed by atoms with E-state index in [2.05, 4.69) is 65.6 Å². The number of nitrogens with zero attached hydrogens (tertiary/aromatic N) is 1. The van der Waals surface area contributed by atoms with Crippen molar-refractivity contribution < 1.29 is 27.5 Å². The summed E-state index contributed by atoms with van der Waals surface area (Å²) in [7, 11) is -3.18. The Morgan fingerprint density at radius 1 is 0.961 bits per heavy atom. The first-order chi connectivity index (χ1) is 23.8. The zero-order valence-corrected chi connectivity index (χ0v) is 32.9. The highest BCUT2D eigenvalue weighted by Crippen LogP contribution is 2.76. The average molecular weight is 727 g/mol. The van der Waals surface area contributed by atoms with Gasteiger partial charge >= 0.3 is 5.97 Å². The molecule has 7 rings (SSSR count). The largest absolute Gasteiger partial charge is 0.481 e. The summed E-state index contributed by atoms with van der Waals surface area (Å²) >= 11 is 0. The van der Waals surface area contributed by atoms with Crippen LogP contribution in [0.3, 0.4) is 0 Å². The van der Waals surface area contributed by atoms with Crippen LogP contribution in [0.5, 0.6) is 0 Å². The second-order valence-corrected chi connectivity index (χ2v) is 21.8. The summed E-state index contributed by atoms with van der Waals surface area (Å²) in [5.41, 5.74) is 2.86. The van der Waals surface area contributed by atoms with Crippen LogP contribution in [0.4, 0.5) is 4.39 Å². The molecular weight excluding hydrogens is 664 g/mol. The van der Waals surface area contributed by atoms with E-state index in [0.29, 0.717) is 49.0 Å². The van der Waals surface area contributed by atoms with Crippen molar-refractivity contribution in [3.8, 4) is 0 Å². The van der Waals surface area contributed by atoms with Crippen LogP contribution >= 0.6 is 0 Å². The van der Waals surface area contributed by atoms with E-state index in [9.17, 15) is 27.5 Å². The number of halogens is 1. The van der Waals surface area contributed by atoms with Crippen molar-refractivity contribution in [2.75, 3.05) is 31.4 Å². The molecular formula is C42H63FN2O5S. The van der Waals surface area contributed by atoms with E-state index in [-0.39, 0.29) is 57.7 Å². The van der Waals surface area contributed by atoms with Gasteiger partial charge in [-0.15, -0.1) is 0 Å². The van der Waals surface area contributed by atoms with Gasteiger partial charge in [0.15, 0.2) is 9.84 Å². The lowest BCUT2D eigenvalue weighted by Gasteiger charge is -2.72. The minimum atomic E-state index is -3.18. The maximum Gasteiger partial charge on any atom is 0.312 e. The molecule has 0 unspecified atom stereocenters. The number of rotatable bonds is 7. The molecule has 0 radical (unpaired) electrons. The van der Waals surface area contributed by atoms with Crippen molar-refractivity contribution in [2.24, 2.45) is 56.7 Å². The van der Waals surface area contributed by atoms with Crippen LogP contribution in [0.2, 0.25) is 0 Å². The second-order valence-electron chi connectivity index (χ2n) is 19.6. The van der Waals surface area contributed by atoms with Crippen molar-refractivity contribution in [1.29, 1.82) is 0 Å². The fourth-order valence-electron chi connectivity index (χ4n) is 14.3. The van der Waals surface area contributed by atoms with E-state index in [1.54, 1.807) is 0 Å². The molecule has 0 aromatic rings. The summed E-state index contributed by atoms with van der Waals surface area (Å²) < 4.78 is 38.2. The van der Waals surface area contributed by atoms with Crippen molar-refractivity contribution in [3.63, 3.8) is 0 Å². The summed E-state index contributed by atoms with van der Waals surface area (Å²) in [5.74, 6) is 1.21. The molecule has 7 nitrogen and oxygen atoms in total. The molecule has 0 aromatic heterocycles. The molecule has 2 N–H and O–H groups in total. The fourth-order valence-corrected chi connectivity index (χ4v) is 15.7. The van der Waals surface area contributed by atoms with E-state index in [4.69, 9.17) is 0 Å². The molecule has 9 heteroatoms. The molecule has 5 fully saturated rings. The number of fused-ring (bicyclic) bond motifs is 7.